The summed E-state index contributed by atoms with van der Waals surface area (Å²) in [4.78, 5) is 11.6. The van der Waals surface area contributed by atoms with Crippen molar-refractivity contribution in [2.45, 2.75) is 37.1 Å². The summed E-state index contributed by atoms with van der Waals surface area (Å²) in [5.74, 6) is -0.0728. The molecule has 110 valence electrons. The van der Waals surface area contributed by atoms with Gasteiger partial charge in [0.05, 0.1) is 0 Å². The Bertz CT molecular complexity index is 437. The van der Waals surface area contributed by atoms with Crippen molar-refractivity contribution in [3.8, 4) is 0 Å². The van der Waals surface area contributed by atoms with E-state index in [2.05, 4.69) is 9.71 Å². The number of amidine groups is 1. The fraction of sp³-hybridized carbons (Fsp3) is 0.429. The molecule has 0 radical (unpaired) electrons. The molecule has 0 aliphatic carbocycles. The van der Waals surface area contributed by atoms with Gasteiger partial charge in [0.1, 0.15) is 11.9 Å². The Kier molecular flexibility index (Phi) is 7.75. The Labute approximate surface area is 123 Å². The molecule has 0 saturated carbocycles. The van der Waals surface area contributed by atoms with E-state index < -0.39 is 12.0 Å². The molecule has 5 nitrogen and oxygen atoms in total. The highest BCUT2D eigenvalue weighted by molar-refractivity contribution is 7.98. The first kappa shape index (κ1) is 16.5. The standard InChI is InChI=1S/C14H21N3O2S/c1-11(17-20-12-7-3-2-4-8-12)16-10-6-5-9-13(15)14(18)19/h2-4,7-8,13H,5-6,9-10,15H2,1H3,(H,16,17)(H,18,19)/t13-/m0/s1. The number of rotatable bonds is 8. The van der Waals surface area contributed by atoms with Crippen molar-refractivity contribution in [1.82, 2.24) is 5.32 Å². The smallest absolute Gasteiger partial charge is 0.320 e. The van der Waals surface area contributed by atoms with E-state index in [1.54, 1.807) is 0 Å². The summed E-state index contributed by atoms with van der Waals surface area (Å²) in [6.45, 7) is 2.69. The highest BCUT2D eigenvalue weighted by Crippen LogP contribution is 2.17. The van der Waals surface area contributed by atoms with E-state index in [1.165, 1.54) is 11.9 Å². The molecule has 0 spiro atoms. The molecule has 0 bridgehead atoms. The summed E-state index contributed by atoms with van der Waals surface area (Å²) in [6, 6.07) is 9.20. The Balaban J connectivity index is 2.14. The Morgan fingerprint density at radius 3 is 2.75 bits per heavy atom. The van der Waals surface area contributed by atoms with E-state index in [0.29, 0.717) is 6.42 Å². The zero-order valence-corrected chi connectivity index (χ0v) is 12.4. The maximum atomic E-state index is 10.5. The van der Waals surface area contributed by atoms with Crippen molar-refractivity contribution in [2.75, 3.05) is 6.54 Å². The zero-order chi connectivity index (χ0) is 14.8. The second-order valence-corrected chi connectivity index (χ2v) is 5.28. The SMILES string of the molecule is C/C(=N/Sc1ccccc1)NCCCC[C@H](N)C(=O)O. The van der Waals surface area contributed by atoms with Gasteiger partial charge in [-0.15, -0.1) is 0 Å². The summed E-state index contributed by atoms with van der Waals surface area (Å²) in [5, 5.41) is 11.8. The number of nitrogens with one attached hydrogen (secondary N) is 1. The molecule has 0 aliphatic heterocycles. The number of unbranched alkanes of at least 4 members (excludes halogenated alkanes) is 1. The van der Waals surface area contributed by atoms with Gasteiger partial charge in [0.2, 0.25) is 0 Å². The quantitative estimate of drug-likeness (QED) is 0.296. The number of nitrogens with zero attached hydrogens (tertiary/aromatic N) is 1. The second-order valence-electron chi connectivity index (χ2n) is 4.45. The predicted molar refractivity (Wildman–Crippen MR) is 82.9 cm³/mol. The lowest BCUT2D eigenvalue weighted by Crippen LogP contribution is -2.30. The molecule has 20 heavy (non-hydrogen) atoms. The highest BCUT2D eigenvalue weighted by atomic mass is 32.2. The van der Waals surface area contributed by atoms with Crippen LogP contribution in [0, 0.1) is 0 Å². The van der Waals surface area contributed by atoms with E-state index >= 15 is 0 Å². The molecule has 1 rings (SSSR count). The van der Waals surface area contributed by atoms with E-state index in [9.17, 15) is 4.79 Å². The first-order chi connectivity index (χ1) is 9.59. The molecule has 1 aromatic rings. The molecule has 0 unspecified atom stereocenters. The van der Waals surface area contributed by atoms with Crippen LogP contribution in [0.4, 0.5) is 0 Å². The maximum absolute atomic E-state index is 10.5. The number of nitrogens with two attached hydrogens (primary N) is 1. The van der Waals surface area contributed by atoms with Crippen LogP contribution in [-0.4, -0.2) is 29.5 Å². The normalized spacial score (nSPS) is 13.0. The first-order valence-electron chi connectivity index (χ1n) is 6.58. The van der Waals surface area contributed by atoms with Gasteiger partial charge < -0.3 is 16.2 Å². The third-order valence-corrected chi connectivity index (χ3v) is 3.52. The first-order valence-corrected chi connectivity index (χ1v) is 7.36. The number of aliphatic carboxylic acids is 1. The van der Waals surface area contributed by atoms with Gasteiger partial charge in [-0.2, -0.15) is 4.40 Å². The molecular formula is C14H21N3O2S. The molecule has 0 aliphatic rings. The minimum absolute atomic E-state index is 0.506. The van der Waals surface area contributed by atoms with Crippen LogP contribution in [0.15, 0.2) is 39.6 Å². The monoisotopic (exact) mass is 295 g/mol. The molecule has 0 heterocycles. The molecule has 4 N–H and O–H groups in total. The average molecular weight is 295 g/mol. The number of hydrogen-bond acceptors (Lipinski definition) is 4. The lowest BCUT2D eigenvalue weighted by Gasteiger charge is -2.07. The highest BCUT2D eigenvalue weighted by Gasteiger charge is 2.09. The van der Waals surface area contributed by atoms with Crippen LogP contribution in [0.2, 0.25) is 0 Å². The van der Waals surface area contributed by atoms with Gasteiger partial charge in [-0.1, -0.05) is 18.2 Å². The fourth-order valence-electron chi connectivity index (χ4n) is 1.52. The van der Waals surface area contributed by atoms with Crippen molar-refractivity contribution >= 4 is 23.8 Å². The maximum Gasteiger partial charge on any atom is 0.320 e. The van der Waals surface area contributed by atoms with Crippen LogP contribution in [0.3, 0.4) is 0 Å². The molecular weight excluding hydrogens is 274 g/mol. The van der Waals surface area contributed by atoms with Crippen molar-refractivity contribution in [1.29, 1.82) is 0 Å². The van der Waals surface area contributed by atoms with Gasteiger partial charge in [0.25, 0.3) is 0 Å². The number of carboxylic acid groups (broad SMARTS) is 1. The lowest BCUT2D eigenvalue weighted by atomic mass is 10.1. The molecule has 0 amide bonds. The third-order valence-electron chi connectivity index (χ3n) is 2.67. The second kappa shape index (κ2) is 9.39. The van der Waals surface area contributed by atoms with Gasteiger partial charge in [-0.05, 0) is 38.3 Å². The van der Waals surface area contributed by atoms with E-state index in [1.807, 2.05) is 37.3 Å². The fourth-order valence-corrected chi connectivity index (χ4v) is 2.10. The summed E-state index contributed by atoms with van der Waals surface area (Å²) in [5.41, 5.74) is 5.42. The molecule has 6 heteroatoms. The van der Waals surface area contributed by atoms with Gasteiger partial charge in [0.15, 0.2) is 0 Å². The van der Waals surface area contributed by atoms with Gasteiger partial charge >= 0.3 is 5.97 Å². The summed E-state index contributed by atoms with van der Waals surface area (Å²) in [7, 11) is 0. The van der Waals surface area contributed by atoms with Crippen LogP contribution in [0.25, 0.3) is 0 Å². The number of carboxylic acids is 1. The molecule has 0 aromatic heterocycles. The molecule has 0 fully saturated rings. The average Bonchev–Trinajstić information content (AvgIpc) is 2.45. The van der Waals surface area contributed by atoms with Crippen LogP contribution in [0.5, 0.6) is 0 Å². The van der Waals surface area contributed by atoms with Crippen molar-refractivity contribution in [3.63, 3.8) is 0 Å². The van der Waals surface area contributed by atoms with Crippen LogP contribution in [0.1, 0.15) is 26.2 Å². The van der Waals surface area contributed by atoms with Crippen LogP contribution in [-0.2, 0) is 4.79 Å². The summed E-state index contributed by atoms with van der Waals surface area (Å²) < 4.78 is 4.36. The van der Waals surface area contributed by atoms with Crippen molar-refractivity contribution in [3.05, 3.63) is 30.3 Å². The predicted octanol–water partition coefficient (Wildman–Crippen LogP) is 2.28. The van der Waals surface area contributed by atoms with Gasteiger partial charge in [-0.3, -0.25) is 4.79 Å². The topological polar surface area (TPSA) is 87.7 Å². The van der Waals surface area contributed by atoms with Crippen molar-refractivity contribution < 1.29 is 9.90 Å². The minimum Gasteiger partial charge on any atom is -0.480 e. The van der Waals surface area contributed by atoms with Gasteiger partial charge in [0, 0.05) is 23.4 Å². The van der Waals surface area contributed by atoms with Crippen LogP contribution < -0.4 is 11.1 Å². The number of carbonyl (C=O) groups is 1. The number of benzene rings is 1. The Morgan fingerprint density at radius 1 is 1.40 bits per heavy atom. The van der Waals surface area contributed by atoms with Crippen LogP contribution >= 0.6 is 11.9 Å². The number of hydrogen-bond donors (Lipinski definition) is 3. The Hall–Kier alpha value is -1.53. The molecule has 0 saturated heterocycles. The summed E-state index contributed by atoms with van der Waals surface area (Å²) >= 11 is 1.43. The summed E-state index contributed by atoms with van der Waals surface area (Å²) in [6.07, 6.45) is 2.18. The zero-order valence-electron chi connectivity index (χ0n) is 11.6. The Morgan fingerprint density at radius 2 is 2.10 bits per heavy atom. The minimum atomic E-state index is -0.935. The molecule has 1 aromatic carbocycles. The van der Waals surface area contributed by atoms with E-state index in [-0.39, 0.29) is 0 Å². The van der Waals surface area contributed by atoms with E-state index in [4.69, 9.17) is 10.8 Å². The third kappa shape index (κ3) is 7.16. The molecule has 1 atom stereocenters. The van der Waals surface area contributed by atoms with Crippen molar-refractivity contribution in [2.24, 2.45) is 10.1 Å². The van der Waals surface area contributed by atoms with Gasteiger partial charge in [-0.25, -0.2) is 0 Å². The largest absolute Gasteiger partial charge is 0.480 e. The lowest BCUT2D eigenvalue weighted by molar-refractivity contribution is -0.138. The van der Waals surface area contributed by atoms with E-state index in [0.717, 1.165) is 30.1 Å².